The molecule has 6 heteroatoms. The summed E-state index contributed by atoms with van der Waals surface area (Å²) in [5.41, 5.74) is 5.34. The van der Waals surface area contributed by atoms with Crippen LogP contribution in [0.3, 0.4) is 0 Å². The third-order valence-corrected chi connectivity index (χ3v) is 6.86. The normalized spacial score (nSPS) is 12.5. The predicted octanol–water partition coefficient (Wildman–Crippen LogP) is 4.82. The van der Waals surface area contributed by atoms with E-state index < -0.39 is 0 Å². The number of rotatable bonds is 5. The highest BCUT2D eigenvalue weighted by Crippen LogP contribution is 2.51. The molecule has 0 atom stereocenters. The Hall–Kier alpha value is -3.38. The molecule has 1 aliphatic rings. The Labute approximate surface area is 183 Å². The van der Waals surface area contributed by atoms with Gasteiger partial charge in [-0.25, -0.2) is 4.98 Å². The Morgan fingerprint density at radius 1 is 0.968 bits per heavy atom. The minimum atomic E-state index is -0.354. The van der Waals surface area contributed by atoms with E-state index in [2.05, 4.69) is 24.3 Å². The smallest absolute Gasteiger partial charge is 0.307 e. The number of fused-ring (bicyclic) bond motifs is 4. The molecule has 0 bridgehead atoms. The van der Waals surface area contributed by atoms with Crippen molar-refractivity contribution in [2.45, 2.75) is 23.4 Å². The van der Waals surface area contributed by atoms with Crippen LogP contribution in [0, 0.1) is 0 Å². The molecule has 0 unspecified atom stereocenters. The van der Waals surface area contributed by atoms with E-state index in [0.717, 1.165) is 0 Å². The molecule has 154 valence electrons. The van der Waals surface area contributed by atoms with E-state index in [1.54, 1.807) is 22.4 Å². The van der Waals surface area contributed by atoms with Gasteiger partial charge in [0.15, 0.2) is 5.16 Å². The lowest BCUT2D eigenvalue weighted by Crippen LogP contribution is -2.25. The van der Waals surface area contributed by atoms with E-state index in [0.29, 0.717) is 16.1 Å². The van der Waals surface area contributed by atoms with Crippen LogP contribution in [0.4, 0.5) is 0 Å². The summed E-state index contributed by atoms with van der Waals surface area (Å²) in [4.78, 5) is 29.9. The van der Waals surface area contributed by atoms with Gasteiger partial charge in [-0.05, 0) is 34.4 Å². The first-order valence-electron chi connectivity index (χ1n) is 10.1. The molecule has 1 aliphatic carbocycles. The third kappa shape index (κ3) is 3.43. The van der Waals surface area contributed by atoms with Crippen LogP contribution in [0.5, 0.6) is 0 Å². The second-order valence-corrected chi connectivity index (χ2v) is 8.44. The van der Waals surface area contributed by atoms with Crippen LogP contribution in [-0.2, 0) is 16.1 Å². The van der Waals surface area contributed by atoms with E-state index in [1.165, 1.54) is 29.4 Å². The summed E-state index contributed by atoms with van der Waals surface area (Å²) >= 11 is 1.55. The van der Waals surface area contributed by atoms with Gasteiger partial charge in [-0.2, -0.15) is 0 Å². The quantitative estimate of drug-likeness (QED) is 0.337. The highest BCUT2D eigenvalue weighted by molar-refractivity contribution is 7.99. The Morgan fingerprint density at radius 3 is 2.26 bits per heavy atom. The summed E-state index contributed by atoms with van der Waals surface area (Å²) in [6.45, 7) is 0.224. The second kappa shape index (κ2) is 8.04. The van der Waals surface area contributed by atoms with Gasteiger partial charge in [-0.15, -0.1) is 0 Å². The number of para-hydroxylation sites is 1. The van der Waals surface area contributed by atoms with Crippen LogP contribution >= 0.6 is 11.8 Å². The molecule has 0 fully saturated rings. The van der Waals surface area contributed by atoms with E-state index in [4.69, 9.17) is 9.72 Å². The zero-order valence-electron chi connectivity index (χ0n) is 16.9. The molecule has 3 aromatic carbocycles. The van der Waals surface area contributed by atoms with Crippen LogP contribution in [0.25, 0.3) is 22.0 Å². The Balaban J connectivity index is 1.63. The topological polar surface area (TPSA) is 61.2 Å². The first-order chi connectivity index (χ1) is 15.2. The van der Waals surface area contributed by atoms with Crippen LogP contribution in [-0.4, -0.2) is 22.6 Å². The predicted molar refractivity (Wildman–Crippen MR) is 122 cm³/mol. The third-order valence-electron chi connectivity index (χ3n) is 5.59. The zero-order valence-corrected chi connectivity index (χ0v) is 17.8. The maximum Gasteiger partial charge on any atom is 0.307 e. The number of benzene rings is 3. The second-order valence-electron chi connectivity index (χ2n) is 7.37. The molecule has 31 heavy (non-hydrogen) atoms. The van der Waals surface area contributed by atoms with Crippen molar-refractivity contribution in [2.75, 3.05) is 7.11 Å². The number of nitrogens with zero attached hydrogens (tertiary/aromatic N) is 2. The van der Waals surface area contributed by atoms with E-state index in [1.807, 2.05) is 42.5 Å². The molecule has 0 saturated carbocycles. The minimum absolute atomic E-state index is 0.0184. The van der Waals surface area contributed by atoms with Crippen LogP contribution < -0.4 is 5.56 Å². The first-order valence-corrected chi connectivity index (χ1v) is 11.0. The summed E-state index contributed by atoms with van der Waals surface area (Å²) in [7, 11) is 1.35. The standard InChI is InChI=1S/C25H20N2O3S/c1-30-22(28)14-15-27-24(29)20-12-6-7-13-21(20)26-25(27)31-23-18-10-4-2-8-16(18)17-9-3-5-11-19(17)23/h2-13,23H,14-15H2,1H3. The van der Waals surface area contributed by atoms with Gasteiger partial charge in [0.2, 0.25) is 0 Å². The van der Waals surface area contributed by atoms with Crippen LogP contribution in [0.2, 0.25) is 0 Å². The van der Waals surface area contributed by atoms with Crippen molar-refractivity contribution in [3.05, 3.63) is 94.3 Å². The number of carbonyl (C=O) groups is 1. The Bertz CT molecular complexity index is 1320. The lowest BCUT2D eigenvalue weighted by atomic mass is 10.1. The largest absolute Gasteiger partial charge is 0.469 e. The van der Waals surface area contributed by atoms with Crippen molar-refractivity contribution in [1.82, 2.24) is 9.55 Å². The summed E-state index contributed by atoms with van der Waals surface area (Å²) in [6, 6.07) is 24.0. The van der Waals surface area contributed by atoms with Gasteiger partial charge in [0, 0.05) is 6.54 Å². The Morgan fingerprint density at radius 2 is 1.58 bits per heavy atom. The SMILES string of the molecule is COC(=O)CCn1c(SC2c3ccccc3-c3ccccc32)nc2ccccc2c1=O. The highest BCUT2D eigenvalue weighted by atomic mass is 32.2. The first kappa shape index (κ1) is 19.6. The summed E-state index contributed by atoms with van der Waals surface area (Å²) in [5, 5.41) is 1.16. The van der Waals surface area contributed by atoms with E-state index >= 15 is 0 Å². The maximum absolute atomic E-state index is 13.3. The lowest BCUT2D eigenvalue weighted by molar-refractivity contribution is -0.140. The fourth-order valence-electron chi connectivity index (χ4n) is 4.08. The molecule has 1 aromatic heterocycles. The number of hydrogen-bond donors (Lipinski definition) is 0. The van der Waals surface area contributed by atoms with Crippen molar-refractivity contribution < 1.29 is 9.53 Å². The summed E-state index contributed by atoms with van der Waals surface area (Å²) < 4.78 is 6.39. The van der Waals surface area contributed by atoms with Gasteiger partial charge in [0.25, 0.3) is 5.56 Å². The number of hydrogen-bond acceptors (Lipinski definition) is 5. The molecule has 0 aliphatic heterocycles. The Kier molecular flexibility index (Phi) is 5.08. The van der Waals surface area contributed by atoms with Gasteiger partial charge < -0.3 is 4.74 Å². The number of esters is 1. The van der Waals surface area contributed by atoms with Crippen molar-refractivity contribution in [2.24, 2.45) is 0 Å². The van der Waals surface area contributed by atoms with Gasteiger partial charge in [0.05, 0.1) is 29.7 Å². The fourth-order valence-corrected chi connectivity index (χ4v) is 5.41. The van der Waals surface area contributed by atoms with Gasteiger partial charge in [-0.3, -0.25) is 14.2 Å². The number of thioether (sulfide) groups is 1. The van der Waals surface area contributed by atoms with Crippen LogP contribution in [0.15, 0.2) is 82.7 Å². The van der Waals surface area contributed by atoms with E-state index in [9.17, 15) is 9.59 Å². The molecule has 0 N–H and O–H groups in total. The molecule has 1 heterocycles. The van der Waals surface area contributed by atoms with Crippen molar-refractivity contribution in [1.29, 1.82) is 0 Å². The molecule has 0 radical (unpaired) electrons. The van der Waals surface area contributed by atoms with Gasteiger partial charge in [-0.1, -0.05) is 72.4 Å². The monoisotopic (exact) mass is 428 g/mol. The van der Waals surface area contributed by atoms with E-state index in [-0.39, 0.29) is 29.7 Å². The number of carbonyl (C=O) groups excluding carboxylic acids is 1. The average Bonchev–Trinajstić information content (AvgIpc) is 3.12. The maximum atomic E-state index is 13.3. The van der Waals surface area contributed by atoms with Crippen molar-refractivity contribution in [3.63, 3.8) is 0 Å². The minimum Gasteiger partial charge on any atom is -0.469 e. The van der Waals surface area contributed by atoms with Crippen molar-refractivity contribution in [3.8, 4) is 11.1 Å². The van der Waals surface area contributed by atoms with Gasteiger partial charge >= 0.3 is 5.97 Å². The molecule has 5 nitrogen and oxygen atoms in total. The number of ether oxygens (including phenoxy) is 1. The molecular formula is C25H20N2O3S. The zero-order chi connectivity index (χ0) is 21.4. The number of aromatic nitrogens is 2. The molecule has 0 saturated heterocycles. The molecule has 0 amide bonds. The summed E-state index contributed by atoms with van der Waals surface area (Å²) in [5.74, 6) is -0.354. The molecule has 0 spiro atoms. The lowest BCUT2D eigenvalue weighted by Gasteiger charge is -2.17. The van der Waals surface area contributed by atoms with Crippen LogP contribution in [0.1, 0.15) is 22.8 Å². The fraction of sp³-hybridized carbons (Fsp3) is 0.160. The molecule has 5 rings (SSSR count). The van der Waals surface area contributed by atoms with Crippen molar-refractivity contribution >= 4 is 28.6 Å². The van der Waals surface area contributed by atoms with Gasteiger partial charge in [0.1, 0.15) is 0 Å². The molecular weight excluding hydrogens is 408 g/mol. The summed E-state index contributed by atoms with van der Waals surface area (Å²) in [6.07, 6.45) is 0.113. The molecule has 4 aromatic rings. The number of methoxy groups -OCH3 is 1. The average molecular weight is 429 g/mol. The highest BCUT2D eigenvalue weighted by Gasteiger charge is 2.30.